The quantitative estimate of drug-likeness (QED) is 0.568. The molecule has 0 aliphatic heterocycles. The number of hydrogen-bond acceptors (Lipinski definition) is 2. The Morgan fingerprint density at radius 3 is 2.33 bits per heavy atom. The number of aromatic amines is 1. The minimum Gasteiger partial charge on any atom is -0.327 e. The van der Waals surface area contributed by atoms with Crippen molar-refractivity contribution in [1.82, 2.24) is 4.98 Å². The van der Waals surface area contributed by atoms with E-state index in [-0.39, 0.29) is 5.56 Å². The highest BCUT2D eigenvalue weighted by atomic mass is 35.5. The number of anilines is 1. The number of halogens is 7. The summed E-state index contributed by atoms with van der Waals surface area (Å²) < 4.78 is 76.2. The molecule has 2 aromatic rings. The average Bonchev–Trinajstić information content (AvgIpc) is 2.54. The first-order valence-electron chi connectivity index (χ1n) is 7.03. The number of pyridine rings is 1. The molecule has 0 saturated carbocycles. The van der Waals surface area contributed by atoms with E-state index in [1.807, 2.05) is 10.3 Å². The van der Waals surface area contributed by atoms with Gasteiger partial charge in [-0.05, 0) is 29.8 Å². The summed E-state index contributed by atoms with van der Waals surface area (Å²) in [5.41, 5.74) is -3.96. The highest BCUT2D eigenvalue weighted by molar-refractivity contribution is 6.31. The molecule has 0 atom stereocenters. The first-order valence-corrected chi connectivity index (χ1v) is 7.41. The van der Waals surface area contributed by atoms with Crippen molar-refractivity contribution in [3.63, 3.8) is 0 Å². The lowest BCUT2D eigenvalue weighted by atomic mass is 10.1. The number of H-pyrrole nitrogens is 1. The molecule has 0 radical (unpaired) electrons. The van der Waals surface area contributed by atoms with E-state index in [1.54, 1.807) is 0 Å². The fraction of sp³-hybridized carbons (Fsp3) is 0.125. The van der Waals surface area contributed by atoms with Gasteiger partial charge in [0.15, 0.2) is 0 Å². The van der Waals surface area contributed by atoms with Crippen LogP contribution in [0, 0.1) is 0 Å². The summed E-state index contributed by atoms with van der Waals surface area (Å²) in [7, 11) is 0. The van der Waals surface area contributed by atoms with E-state index >= 15 is 0 Å². The van der Waals surface area contributed by atoms with Crippen LogP contribution in [0.5, 0.6) is 0 Å². The van der Waals surface area contributed by atoms with Gasteiger partial charge >= 0.3 is 12.4 Å². The van der Waals surface area contributed by atoms with Gasteiger partial charge in [0.05, 0.1) is 16.1 Å². The van der Waals surface area contributed by atoms with Gasteiger partial charge in [-0.25, -0.2) is 0 Å². The van der Waals surface area contributed by atoms with Gasteiger partial charge in [-0.1, -0.05) is 17.7 Å². The summed E-state index contributed by atoms with van der Waals surface area (Å²) in [4.78, 5) is 25.1. The van der Waals surface area contributed by atoms with Crippen LogP contribution in [0.4, 0.5) is 32.0 Å². The predicted octanol–water partition coefficient (Wildman–Crippen LogP) is 4.72. The maximum Gasteiger partial charge on any atom is 0.417 e. The van der Waals surface area contributed by atoms with Crippen molar-refractivity contribution < 1.29 is 31.1 Å². The van der Waals surface area contributed by atoms with Crippen LogP contribution in [0.25, 0.3) is 6.08 Å². The van der Waals surface area contributed by atoms with Gasteiger partial charge in [-0.2, -0.15) is 26.3 Å². The van der Waals surface area contributed by atoms with E-state index in [0.717, 1.165) is 18.2 Å². The molecule has 0 saturated heterocycles. The van der Waals surface area contributed by atoms with Gasteiger partial charge in [0.25, 0.3) is 5.56 Å². The van der Waals surface area contributed by atoms with E-state index in [4.69, 9.17) is 11.6 Å². The summed E-state index contributed by atoms with van der Waals surface area (Å²) >= 11 is 5.47. The molecule has 1 heterocycles. The second kappa shape index (κ2) is 7.47. The molecule has 0 fully saturated rings. The number of benzene rings is 1. The molecule has 4 nitrogen and oxygen atoms in total. The molecular formula is C16H9ClF6N2O2. The van der Waals surface area contributed by atoms with Crippen LogP contribution in [0.2, 0.25) is 5.02 Å². The predicted molar refractivity (Wildman–Crippen MR) is 86.2 cm³/mol. The van der Waals surface area contributed by atoms with Crippen LogP contribution in [-0.4, -0.2) is 10.9 Å². The number of hydrogen-bond donors (Lipinski definition) is 2. The van der Waals surface area contributed by atoms with Gasteiger partial charge in [0.2, 0.25) is 5.91 Å². The lowest BCUT2D eigenvalue weighted by molar-refractivity contribution is -0.138. The van der Waals surface area contributed by atoms with Crippen LogP contribution >= 0.6 is 11.6 Å². The number of rotatable bonds is 3. The molecule has 2 rings (SSSR count). The fourth-order valence-electron chi connectivity index (χ4n) is 1.95. The molecule has 27 heavy (non-hydrogen) atoms. The van der Waals surface area contributed by atoms with Crippen LogP contribution in [0.3, 0.4) is 0 Å². The highest BCUT2D eigenvalue weighted by Crippen LogP contribution is 2.35. The smallest absolute Gasteiger partial charge is 0.327 e. The Labute approximate surface area is 152 Å². The normalized spacial score (nSPS) is 12.4. The number of amides is 1. The maximum atomic E-state index is 12.8. The maximum absolute atomic E-state index is 12.8. The molecule has 1 aromatic carbocycles. The second-order valence-corrected chi connectivity index (χ2v) is 5.60. The lowest BCUT2D eigenvalue weighted by Gasteiger charge is -2.09. The molecule has 1 amide bonds. The number of alkyl halides is 6. The van der Waals surface area contributed by atoms with Crippen molar-refractivity contribution in [1.29, 1.82) is 0 Å². The van der Waals surface area contributed by atoms with E-state index < -0.39 is 45.7 Å². The molecule has 0 bridgehead atoms. The number of carbonyl (C=O) groups is 1. The second-order valence-electron chi connectivity index (χ2n) is 5.19. The Morgan fingerprint density at radius 2 is 1.74 bits per heavy atom. The summed E-state index contributed by atoms with van der Waals surface area (Å²) in [6, 6.07) is 3.33. The number of aromatic nitrogens is 1. The number of nitrogens with one attached hydrogen (secondary N) is 2. The zero-order valence-electron chi connectivity index (χ0n) is 13.0. The van der Waals surface area contributed by atoms with Gasteiger partial charge in [0.1, 0.15) is 5.69 Å². The minimum atomic E-state index is -4.74. The van der Waals surface area contributed by atoms with E-state index in [1.165, 1.54) is 6.07 Å². The first-order chi connectivity index (χ1) is 12.4. The van der Waals surface area contributed by atoms with Crippen LogP contribution in [-0.2, 0) is 17.1 Å². The van der Waals surface area contributed by atoms with Crippen molar-refractivity contribution in [3.8, 4) is 0 Å². The van der Waals surface area contributed by atoms with Crippen molar-refractivity contribution in [3.05, 3.63) is 68.6 Å². The molecule has 0 unspecified atom stereocenters. The van der Waals surface area contributed by atoms with Gasteiger partial charge < -0.3 is 10.3 Å². The summed E-state index contributed by atoms with van der Waals surface area (Å²) in [6.45, 7) is 0. The average molecular weight is 411 g/mol. The largest absolute Gasteiger partial charge is 0.417 e. The SMILES string of the molecule is O=C(/C=C/c1ccc(Cl)c(C(F)(F)F)c1)Nc1cc(C(F)(F)F)c[nH]c1=O. The van der Waals surface area contributed by atoms with Gasteiger partial charge in [0, 0.05) is 12.3 Å². The third-order valence-corrected chi connectivity index (χ3v) is 3.54. The Hall–Kier alpha value is -2.75. The van der Waals surface area contributed by atoms with Crippen molar-refractivity contribution >= 4 is 29.3 Å². The Balaban J connectivity index is 2.21. The summed E-state index contributed by atoms with van der Waals surface area (Å²) in [6.07, 6.45) is -7.24. The van der Waals surface area contributed by atoms with Gasteiger partial charge in [-0.3, -0.25) is 9.59 Å². The topological polar surface area (TPSA) is 62.0 Å². The Kier molecular flexibility index (Phi) is 5.69. The molecule has 11 heteroatoms. The Morgan fingerprint density at radius 1 is 1.07 bits per heavy atom. The monoisotopic (exact) mass is 410 g/mol. The number of carbonyl (C=O) groups excluding carboxylic acids is 1. The van der Waals surface area contributed by atoms with Crippen LogP contribution in [0.15, 0.2) is 41.3 Å². The van der Waals surface area contributed by atoms with E-state index in [2.05, 4.69) is 0 Å². The van der Waals surface area contributed by atoms with E-state index in [0.29, 0.717) is 18.3 Å². The minimum absolute atomic E-state index is 0.0279. The van der Waals surface area contributed by atoms with Crippen LogP contribution < -0.4 is 10.9 Å². The molecule has 0 aliphatic rings. The fourth-order valence-corrected chi connectivity index (χ4v) is 2.18. The molecule has 1 aromatic heterocycles. The molecule has 2 N–H and O–H groups in total. The zero-order valence-corrected chi connectivity index (χ0v) is 13.8. The third-order valence-electron chi connectivity index (χ3n) is 3.21. The third kappa shape index (κ3) is 5.36. The molecule has 144 valence electrons. The lowest BCUT2D eigenvalue weighted by Crippen LogP contribution is -2.20. The molecular weight excluding hydrogens is 402 g/mol. The Bertz CT molecular complexity index is 947. The standard InChI is InChI=1S/C16H9ClF6N2O2/c17-11-3-1-8(5-10(11)16(21,22)23)2-4-13(26)25-12-6-9(15(18,19)20)7-24-14(12)27/h1-7H,(H,24,27)(H,25,26)/b4-2+. The van der Waals surface area contributed by atoms with Crippen LogP contribution in [0.1, 0.15) is 16.7 Å². The zero-order chi connectivity index (χ0) is 20.4. The highest BCUT2D eigenvalue weighted by Gasteiger charge is 2.33. The summed E-state index contributed by atoms with van der Waals surface area (Å²) in [5, 5.41) is 1.40. The molecule has 0 spiro atoms. The van der Waals surface area contributed by atoms with Crippen molar-refractivity contribution in [2.75, 3.05) is 5.32 Å². The summed E-state index contributed by atoms with van der Waals surface area (Å²) in [5.74, 6) is -1.01. The van der Waals surface area contributed by atoms with Crippen molar-refractivity contribution in [2.24, 2.45) is 0 Å². The van der Waals surface area contributed by atoms with E-state index in [9.17, 15) is 35.9 Å². The van der Waals surface area contributed by atoms with Crippen molar-refractivity contribution in [2.45, 2.75) is 12.4 Å². The first kappa shape index (κ1) is 20.6. The van der Waals surface area contributed by atoms with Gasteiger partial charge in [-0.15, -0.1) is 0 Å². The molecule has 0 aliphatic carbocycles.